The van der Waals surface area contributed by atoms with Crippen molar-refractivity contribution < 1.29 is 23.9 Å². The molecule has 0 radical (unpaired) electrons. The number of rotatable bonds is 14. The van der Waals surface area contributed by atoms with E-state index in [1.807, 2.05) is 6.08 Å². The Morgan fingerprint density at radius 2 is 1.82 bits per heavy atom. The molecule has 1 aliphatic rings. The molecule has 1 aliphatic carbocycles. The number of unbranched alkanes of at least 4 members (excludes halogenated alkanes) is 4. The summed E-state index contributed by atoms with van der Waals surface area (Å²) in [6.07, 6.45) is 10.7. The number of allylic oxidation sites excluding steroid dienone is 3. The highest BCUT2D eigenvalue weighted by Crippen LogP contribution is 2.51. The van der Waals surface area contributed by atoms with Crippen LogP contribution < -0.4 is 0 Å². The minimum Gasteiger partial charge on any atom is -0.556 e. The van der Waals surface area contributed by atoms with Gasteiger partial charge in [-0.1, -0.05) is 72.8 Å². The van der Waals surface area contributed by atoms with Gasteiger partial charge in [-0.3, -0.25) is 9.59 Å². The van der Waals surface area contributed by atoms with Gasteiger partial charge in [0, 0.05) is 12.3 Å². The van der Waals surface area contributed by atoms with Gasteiger partial charge in [0.05, 0.1) is 24.9 Å². The van der Waals surface area contributed by atoms with Gasteiger partial charge in [-0.25, -0.2) is 0 Å². The molecule has 5 nitrogen and oxygen atoms in total. The molecule has 0 amide bonds. The summed E-state index contributed by atoms with van der Waals surface area (Å²) in [6, 6.07) is 0. The van der Waals surface area contributed by atoms with E-state index in [0.717, 1.165) is 37.9 Å². The van der Waals surface area contributed by atoms with Crippen LogP contribution in [0.4, 0.5) is 0 Å². The predicted molar refractivity (Wildman–Crippen MR) is 138 cm³/mol. The van der Waals surface area contributed by atoms with Crippen LogP contribution in [0.25, 0.3) is 0 Å². The molecule has 1 rings (SSSR count). The lowest BCUT2D eigenvalue weighted by molar-refractivity contribution is -0.140. The van der Waals surface area contributed by atoms with Crippen molar-refractivity contribution in [2.75, 3.05) is 7.11 Å². The lowest BCUT2D eigenvalue weighted by Gasteiger charge is -2.45. The van der Waals surface area contributed by atoms with E-state index < -0.39 is 12.0 Å². The second-order valence-corrected chi connectivity index (χ2v) is 11.2. The molecule has 1 N–H and O–H groups in total. The molecule has 0 aromatic rings. The van der Waals surface area contributed by atoms with Crippen molar-refractivity contribution in [1.82, 2.24) is 0 Å². The van der Waals surface area contributed by atoms with Crippen molar-refractivity contribution in [3.63, 3.8) is 0 Å². The maximum Gasteiger partial charge on any atom is 0.305 e. The van der Waals surface area contributed by atoms with Crippen LogP contribution in [0, 0.1) is 22.7 Å². The third-order valence-electron chi connectivity index (χ3n) is 7.86. The third-order valence-corrected chi connectivity index (χ3v) is 8.30. The van der Waals surface area contributed by atoms with Gasteiger partial charge in [0.2, 0.25) is 10.5 Å². The molecule has 0 saturated carbocycles. The summed E-state index contributed by atoms with van der Waals surface area (Å²) >= 11 is 0. The summed E-state index contributed by atoms with van der Waals surface area (Å²) in [5, 5.41) is 11.0. The Hall–Kier alpha value is -1.40. The molecule has 4 unspecified atom stereocenters. The monoisotopic (exact) mass is 480 g/mol. The molecular formula is C27H48O5Si. The Balaban J connectivity index is 3.06. The number of aliphatic hydroxyl groups is 1. The van der Waals surface area contributed by atoms with Crippen LogP contribution in [-0.4, -0.2) is 40.6 Å². The summed E-state index contributed by atoms with van der Waals surface area (Å²) in [5.74, 6) is -0.0552. The standard InChI is InChI=1S/C27H48O5Si/c1-8-9-13-18-27(6,26(3,4)5)19(2)25(32-33)20-16-17-22(29)24(20)21(28)14-11-10-12-15-23(30)31-7/h16-17,20-21,24,28H,8-15,18H2,1-7,33H3. The summed E-state index contributed by atoms with van der Waals surface area (Å²) in [6.45, 7) is 13.6. The zero-order valence-corrected chi connectivity index (χ0v) is 24.3. The number of ketones is 1. The molecule has 6 heteroatoms. The van der Waals surface area contributed by atoms with Gasteiger partial charge in [0.25, 0.3) is 0 Å². The molecule has 0 saturated heterocycles. The highest BCUT2D eigenvalue weighted by Gasteiger charge is 2.44. The first-order chi connectivity index (χ1) is 15.4. The Morgan fingerprint density at radius 1 is 1.15 bits per heavy atom. The van der Waals surface area contributed by atoms with E-state index >= 15 is 0 Å². The van der Waals surface area contributed by atoms with Crippen LogP contribution >= 0.6 is 0 Å². The first-order valence-corrected chi connectivity index (χ1v) is 13.5. The summed E-state index contributed by atoms with van der Waals surface area (Å²) in [4.78, 5) is 24.0. The van der Waals surface area contributed by atoms with Crippen LogP contribution in [0.1, 0.15) is 99.3 Å². The second-order valence-electron chi connectivity index (χ2n) is 10.8. The van der Waals surface area contributed by atoms with Gasteiger partial charge in [-0.05, 0) is 48.7 Å². The van der Waals surface area contributed by atoms with Gasteiger partial charge in [0.15, 0.2) is 5.78 Å². The Labute approximate surface area is 204 Å². The zero-order valence-electron chi connectivity index (χ0n) is 22.3. The second kappa shape index (κ2) is 13.5. The van der Waals surface area contributed by atoms with E-state index in [1.54, 1.807) is 6.08 Å². The fourth-order valence-electron chi connectivity index (χ4n) is 5.03. The molecule has 190 valence electrons. The van der Waals surface area contributed by atoms with Crippen LogP contribution in [0.5, 0.6) is 0 Å². The highest BCUT2D eigenvalue weighted by atomic mass is 28.2. The van der Waals surface area contributed by atoms with Gasteiger partial charge in [0.1, 0.15) is 0 Å². The van der Waals surface area contributed by atoms with Crippen molar-refractivity contribution in [3.8, 4) is 0 Å². The van der Waals surface area contributed by atoms with Crippen molar-refractivity contribution in [2.45, 2.75) is 105 Å². The van der Waals surface area contributed by atoms with Gasteiger partial charge >= 0.3 is 5.97 Å². The van der Waals surface area contributed by atoms with Crippen LogP contribution in [-0.2, 0) is 18.8 Å². The number of carbonyl (C=O) groups is 2. The molecular weight excluding hydrogens is 432 g/mol. The largest absolute Gasteiger partial charge is 0.556 e. The molecule has 4 atom stereocenters. The van der Waals surface area contributed by atoms with Crippen molar-refractivity contribution in [1.29, 1.82) is 0 Å². The molecule has 0 bridgehead atoms. The van der Waals surface area contributed by atoms with Gasteiger partial charge < -0.3 is 14.3 Å². The van der Waals surface area contributed by atoms with E-state index in [-0.39, 0.29) is 28.5 Å². The maximum absolute atomic E-state index is 12.8. The van der Waals surface area contributed by atoms with Crippen LogP contribution in [0.2, 0.25) is 0 Å². The minimum absolute atomic E-state index is 0.0190. The van der Waals surface area contributed by atoms with E-state index in [4.69, 9.17) is 4.43 Å². The van der Waals surface area contributed by atoms with Crippen molar-refractivity contribution in [2.24, 2.45) is 22.7 Å². The summed E-state index contributed by atoms with van der Waals surface area (Å²) in [5.41, 5.74) is 1.18. The predicted octanol–water partition coefficient (Wildman–Crippen LogP) is 5.05. The number of hydrogen-bond donors (Lipinski definition) is 1. The lowest BCUT2D eigenvalue weighted by atomic mass is 9.60. The topological polar surface area (TPSA) is 72.8 Å². The fourth-order valence-corrected chi connectivity index (χ4v) is 5.61. The van der Waals surface area contributed by atoms with Crippen LogP contribution in [0.3, 0.4) is 0 Å². The number of hydrogen-bond acceptors (Lipinski definition) is 5. The first kappa shape index (κ1) is 29.6. The normalized spacial score (nSPS) is 22.1. The van der Waals surface area contributed by atoms with Crippen molar-refractivity contribution >= 4 is 22.2 Å². The van der Waals surface area contributed by atoms with Crippen molar-refractivity contribution in [3.05, 3.63) is 23.5 Å². The van der Waals surface area contributed by atoms with Gasteiger partial charge in [-0.2, -0.15) is 0 Å². The fraction of sp³-hybridized carbons (Fsp3) is 0.778. The molecule has 0 aromatic carbocycles. The minimum atomic E-state index is -0.726. The average Bonchev–Trinajstić information content (AvgIpc) is 3.13. The smallest absolute Gasteiger partial charge is 0.305 e. The first-order valence-electron chi connectivity index (χ1n) is 12.7. The molecule has 0 fully saturated rings. The van der Waals surface area contributed by atoms with E-state index in [0.29, 0.717) is 23.3 Å². The van der Waals surface area contributed by atoms with E-state index in [9.17, 15) is 14.7 Å². The van der Waals surface area contributed by atoms with E-state index in [2.05, 4.69) is 46.3 Å². The van der Waals surface area contributed by atoms with Crippen LogP contribution in [0.15, 0.2) is 23.5 Å². The molecule has 0 aromatic heterocycles. The molecule has 0 heterocycles. The number of methoxy groups -OCH3 is 1. The summed E-state index contributed by atoms with van der Waals surface area (Å²) in [7, 11) is 1.93. The Bertz CT molecular complexity index is 706. The maximum atomic E-state index is 12.8. The average molecular weight is 481 g/mol. The SMILES string of the molecule is CCCCCC(C)(C(C)=C(O[SiH3])C1C=CC(=O)C1C(O)CCCCCC(=O)OC)C(C)(C)C. The highest BCUT2D eigenvalue weighted by molar-refractivity contribution is 5.99. The molecule has 33 heavy (non-hydrogen) atoms. The Kier molecular flexibility index (Phi) is 12.1. The summed E-state index contributed by atoms with van der Waals surface area (Å²) < 4.78 is 10.8. The van der Waals surface area contributed by atoms with E-state index in [1.165, 1.54) is 25.5 Å². The number of aliphatic hydroxyl groups excluding tert-OH is 1. The quantitative estimate of drug-likeness (QED) is 0.163. The molecule has 0 spiro atoms. The van der Waals surface area contributed by atoms with Gasteiger partial charge in [-0.15, -0.1) is 0 Å². The lowest BCUT2D eigenvalue weighted by Crippen LogP contribution is -2.37. The third kappa shape index (κ3) is 7.81. The zero-order chi connectivity index (χ0) is 25.2. The molecule has 0 aliphatic heterocycles. The number of esters is 1. The number of carbonyl (C=O) groups excluding carboxylic acids is 2. The number of ether oxygens (including phenoxy) is 1. The Morgan fingerprint density at radius 3 is 2.36 bits per heavy atom.